The van der Waals surface area contributed by atoms with E-state index < -0.39 is 5.60 Å². The maximum Gasteiger partial charge on any atom is 0.222 e. The summed E-state index contributed by atoms with van der Waals surface area (Å²) in [5.74, 6) is 0.212. The molecule has 1 heterocycles. The molecule has 0 radical (unpaired) electrons. The first-order valence-electron chi connectivity index (χ1n) is 6.05. The van der Waals surface area contributed by atoms with Gasteiger partial charge in [-0.1, -0.05) is 19.8 Å². The number of β-amino-alcohol motifs (C(OH)–C–C–N with tert-alkyl or cyclic N) is 1. The molecule has 3 nitrogen and oxygen atoms in total. The Labute approximate surface area is 92.5 Å². The molecule has 1 rings (SSSR count). The van der Waals surface area contributed by atoms with Crippen molar-refractivity contribution in [1.82, 2.24) is 4.90 Å². The van der Waals surface area contributed by atoms with E-state index in [2.05, 4.69) is 6.92 Å². The van der Waals surface area contributed by atoms with Crippen LogP contribution < -0.4 is 0 Å². The van der Waals surface area contributed by atoms with Gasteiger partial charge in [-0.2, -0.15) is 0 Å². The molecule has 1 fully saturated rings. The summed E-state index contributed by atoms with van der Waals surface area (Å²) < 4.78 is 0. The van der Waals surface area contributed by atoms with Crippen molar-refractivity contribution in [2.24, 2.45) is 0 Å². The molecule has 1 N–H and O–H groups in total. The molecule has 1 atom stereocenters. The molecule has 88 valence electrons. The van der Waals surface area contributed by atoms with E-state index in [1.165, 1.54) is 0 Å². The summed E-state index contributed by atoms with van der Waals surface area (Å²) in [6.07, 6.45) is 5.62. The monoisotopic (exact) mass is 213 g/mol. The van der Waals surface area contributed by atoms with Gasteiger partial charge in [0, 0.05) is 19.5 Å². The molecule has 1 amide bonds. The Hall–Kier alpha value is -0.570. The van der Waals surface area contributed by atoms with Crippen LogP contribution in [0, 0.1) is 0 Å². The van der Waals surface area contributed by atoms with E-state index >= 15 is 0 Å². The highest BCUT2D eigenvalue weighted by atomic mass is 16.3. The highest BCUT2D eigenvalue weighted by Gasteiger charge is 2.30. The van der Waals surface area contributed by atoms with Gasteiger partial charge in [-0.3, -0.25) is 4.79 Å². The average Bonchev–Trinajstić information content (AvgIpc) is 2.16. The lowest BCUT2D eigenvalue weighted by Gasteiger charge is -2.36. The standard InChI is InChI=1S/C12H23NO2/c1-3-4-5-7-11(14)13-9-6-8-12(2,15)10-13/h15H,3-10H2,1-2H3. The van der Waals surface area contributed by atoms with Crippen LogP contribution in [0.15, 0.2) is 0 Å². The molecular formula is C12H23NO2. The van der Waals surface area contributed by atoms with Gasteiger partial charge in [0.15, 0.2) is 0 Å². The van der Waals surface area contributed by atoms with Crippen LogP contribution in [0.3, 0.4) is 0 Å². The molecule has 15 heavy (non-hydrogen) atoms. The number of aliphatic hydroxyl groups is 1. The second-order valence-electron chi connectivity index (χ2n) is 4.87. The number of nitrogens with zero attached hydrogens (tertiary/aromatic N) is 1. The number of hydrogen-bond acceptors (Lipinski definition) is 2. The maximum atomic E-state index is 11.8. The molecule has 0 aliphatic carbocycles. The molecule has 0 bridgehead atoms. The summed E-state index contributed by atoms with van der Waals surface area (Å²) in [6, 6.07) is 0. The first-order chi connectivity index (χ1) is 7.05. The minimum atomic E-state index is -0.668. The number of carbonyl (C=O) groups excluding carboxylic acids is 1. The van der Waals surface area contributed by atoms with Crippen molar-refractivity contribution in [3.05, 3.63) is 0 Å². The smallest absolute Gasteiger partial charge is 0.222 e. The predicted molar refractivity (Wildman–Crippen MR) is 60.6 cm³/mol. The molecular weight excluding hydrogens is 190 g/mol. The van der Waals surface area contributed by atoms with Gasteiger partial charge in [0.25, 0.3) is 0 Å². The molecule has 1 aliphatic rings. The van der Waals surface area contributed by atoms with E-state index in [4.69, 9.17) is 0 Å². The highest BCUT2D eigenvalue weighted by molar-refractivity contribution is 5.76. The Morgan fingerprint density at radius 3 is 2.80 bits per heavy atom. The second kappa shape index (κ2) is 5.50. The molecule has 1 saturated heterocycles. The molecule has 1 unspecified atom stereocenters. The van der Waals surface area contributed by atoms with Crippen molar-refractivity contribution in [3.8, 4) is 0 Å². The summed E-state index contributed by atoms with van der Waals surface area (Å²) in [6.45, 7) is 5.29. The number of unbranched alkanes of at least 4 members (excludes halogenated alkanes) is 2. The van der Waals surface area contributed by atoms with E-state index in [1.807, 2.05) is 11.8 Å². The van der Waals surface area contributed by atoms with Crippen molar-refractivity contribution in [3.63, 3.8) is 0 Å². The van der Waals surface area contributed by atoms with Gasteiger partial charge >= 0.3 is 0 Å². The topological polar surface area (TPSA) is 40.5 Å². The summed E-state index contributed by atoms with van der Waals surface area (Å²) in [7, 11) is 0. The van der Waals surface area contributed by atoms with E-state index in [0.29, 0.717) is 13.0 Å². The van der Waals surface area contributed by atoms with Gasteiger partial charge in [0.1, 0.15) is 0 Å². The third-order valence-corrected chi connectivity index (χ3v) is 3.02. The van der Waals surface area contributed by atoms with Crippen molar-refractivity contribution in [1.29, 1.82) is 0 Å². The number of likely N-dealkylation sites (tertiary alicyclic amines) is 1. The van der Waals surface area contributed by atoms with E-state index in [0.717, 1.165) is 38.6 Å². The zero-order valence-electron chi connectivity index (χ0n) is 9.96. The van der Waals surface area contributed by atoms with Crippen LogP contribution in [0.2, 0.25) is 0 Å². The van der Waals surface area contributed by atoms with Crippen LogP contribution >= 0.6 is 0 Å². The second-order valence-corrected chi connectivity index (χ2v) is 4.87. The number of hydrogen-bond donors (Lipinski definition) is 1. The number of rotatable bonds is 4. The van der Waals surface area contributed by atoms with Gasteiger partial charge in [-0.15, -0.1) is 0 Å². The summed E-state index contributed by atoms with van der Waals surface area (Å²) in [4.78, 5) is 13.6. The number of piperidine rings is 1. The fourth-order valence-corrected chi connectivity index (χ4v) is 2.12. The molecule has 0 aromatic heterocycles. The first-order valence-corrected chi connectivity index (χ1v) is 6.05. The third kappa shape index (κ3) is 4.20. The van der Waals surface area contributed by atoms with Gasteiger partial charge in [0.05, 0.1) is 5.60 Å². The highest BCUT2D eigenvalue weighted by Crippen LogP contribution is 2.21. The minimum absolute atomic E-state index is 0.212. The average molecular weight is 213 g/mol. The van der Waals surface area contributed by atoms with Gasteiger partial charge in [0.2, 0.25) is 5.91 Å². The molecule has 1 aliphatic heterocycles. The molecule has 3 heteroatoms. The van der Waals surface area contributed by atoms with Crippen LogP contribution in [-0.2, 0) is 4.79 Å². The molecule has 0 aromatic rings. The van der Waals surface area contributed by atoms with E-state index in [-0.39, 0.29) is 5.91 Å². The van der Waals surface area contributed by atoms with Crippen molar-refractivity contribution in [2.75, 3.05) is 13.1 Å². The zero-order valence-corrected chi connectivity index (χ0v) is 9.96. The molecule has 0 spiro atoms. The quantitative estimate of drug-likeness (QED) is 0.725. The van der Waals surface area contributed by atoms with Crippen LogP contribution in [0.1, 0.15) is 52.4 Å². The Morgan fingerprint density at radius 2 is 2.20 bits per heavy atom. The van der Waals surface area contributed by atoms with Crippen LogP contribution in [-0.4, -0.2) is 34.6 Å². The maximum absolute atomic E-state index is 11.8. The fraction of sp³-hybridized carbons (Fsp3) is 0.917. The first kappa shape index (κ1) is 12.5. The summed E-state index contributed by atoms with van der Waals surface area (Å²) in [5.41, 5.74) is -0.668. The minimum Gasteiger partial charge on any atom is -0.388 e. The summed E-state index contributed by atoms with van der Waals surface area (Å²) >= 11 is 0. The Bertz CT molecular complexity index is 214. The van der Waals surface area contributed by atoms with E-state index in [9.17, 15) is 9.90 Å². The van der Waals surface area contributed by atoms with Gasteiger partial charge in [-0.25, -0.2) is 0 Å². The lowest BCUT2D eigenvalue weighted by atomic mass is 9.95. The van der Waals surface area contributed by atoms with Crippen molar-refractivity contribution >= 4 is 5.91 Å². The Kier molecular flexibility index (Phi) is 4.58. The predicted octanol–water partition coefficient (Wildman–Crippen LogP) is 1.94. The molecule has 0 aromatic carbocycles. The third-order valence-electron chi connectivity index (χ3n) is 3.02. The number of carbonyl (C=O) groups is 1. The van der Waals surface area contributed by atoms with Crippen molar-refractivity contribution in [2.45, 2.75) is 58.0 Å². The van der Waals surface area contributed by atoms with Crippen LogP contribution in [0.25, 0.3) is 0 Å². The SMILES string of the molecule is CCCCCC(=O)N1CCCC(C)(O)C1. The van der Waals surface area contributed by atoms with Crippen LogP contribution in [0.5, 0.6) is 0 Å². The van der Waals surface area contributed by atoms with E-state index in [1.54, 1.807) is 0 Å². The van der Waals surface area contributed by atoms with Crippen LogP contribution in [0.4, 0.5) is 0 Å². The largest absolute Gasteiger partial charge is 0.388 e. The lowest BCUT2D eigenvalue weighted by Crippen LogP contribution is -2.48. The Morgan fingerprint density at radius 1 is 1.47 bits per heavy atom. The van der Waals surface area contributed by atoms with Crippen molar-refractivity contribution < 1.29 is 9.90 Å². The summed E-state index contributed by atoms with van der Waals surface area (Å²) in [5, 5.41) is 9.87. The fourth-order valence-electron chi connectivity index (χ4n) is 2.12. The zero-order chi connectivity index (χ0) is 11.3. The Balaban J connectivity index is 2.32. The normalized spacial score (nSPS) is 26.7. The number of amides is 1. The molecule has 0 saturated carbocycles. The van der Waals surface area contributed by atoms with Gasteiger partial charge < -0.3 is 10.0 Å². The lowest BCUT2D eigenvalue weighted by molar-refractivity contribution is -0.137. The van der Waals surface area contributed by atoms with Gasteiger partial charge in [-0.05, 0) is 26.2 Å².